The lowest BCUT2D eigenvalue weighted by Gasteiger charge is -2.16. The summed E-state index contributed by atoms with van der Waals surface area (Å²) in [4.78, 5) is -0.0535. The van der Waals surface area contributed by atoms with Crippen molar-refractivity contribution >= 4 is 26.0 Å². The lowest BCUT2D eigenvalue weighted by molar-refractivity contribution is -0.137. The summed E-state index contributed by atoms with van der Waals surface area (Å²) in [5, 5.41) is 0. The van der Waals surface area contributed by atoms with Gasteiger partial charge in [0.05, 0.1) is 11.3 Å². The molecule has 108 valence electrons. The third-order valence-electron chi connectivity index (χ3n) is 2.33. The fourth-order valence-corrected chi connectivity index (χ4v) is 3.08. The summed E-state index contributed by atoms with van der Waals surface area (Å²) in [6.07, 6.45) is -5.61. The Hall–Kier alpha value is -0.600. The van der Waals surface area contributed by atoms with Crippen LogP contribution in [0.25, 0.3) is 0 Å². The van der Waals surface area contributed by atoms with E-state index in [1.807, 2.05) is 4.72 Å². The second-order valence-corrected chi connectivity index (χ2v) is 6.82. The molecule has 0 aromatic heterocycles. The van der Waals surface area contributed by atoms with Crippen LogP contribution in [-0.4, -0.2) is 20.6 Å². The van der Waals surface area contributed by atoms with Crippen LogP contribution >= 0.6 is 15.9 Å². The zero-order valence-corrected chi connectivity index (χ0v) is 12.7. The van der Waals surface area contributed by atoms with Gasteiger partial charge in [0.2, 0.25) is 10.0 Å². The first kappa shape index (κ1) is 16.5. The number of nitrogens with one attached hydrogen (secondary N) is 1. The highest BCUT2D eigenvalue weighted by atomic mass is 79.9. The van der Waals surface area contributed by atoms with Gasteiger partial charge in [-0.25, -0.2) is 13.1 Å². The van der Waals surface area contributed by atoms with Gasteiger partial charge in [0.25, 0.3) is 0 Å². The van der Waals surface area contributed by atoms with E-state index in [1.165, 1.54) is 19.1 Å². The molecule has 1 aromatic rings. The molecule has 1 aromatic carbocycles. The van der Waals surface area contributed by atoms with E-state index in [0.29, 0.717) is 5.56 Å². The van der Waals surface area contributed by atoms with Crippen LogP contribution in [0, 0.1) is 6.92 Å². The molecule has 19 heavy (non-hydrogen) atoms. The van der Waals surface area contributed by atoms with Gasteiger partial charge in [-0.2, -0.15) is 13.2 Å². The molecule has 1 unspecified atom stereocenters. The lowest BCUT2D eigenvalue weighted by atomic mass is 10.2. The maximum Gasteiger partial charge on any atom is 0.390 e. The van der Waals surface area contributed by atoms with Gasteiger partial charge in [-0.05, 0) is 37.6 Å². The summed E-state index contributed by atoms with van der Waals surface area (Å²) in [5.41, 5.74) is 0.686. The summed E-state index contributed by atoms with van der Waals surface area (Å²) in [5.74, 6) is 0. The Kier molecular flexibility index (Phi) is 5.02. The minimum absolute atomic E-state index is 0.0535. The topological polar surface area (TPSA) is 46.2 Å². The molecule has 0 amide bonds. The molecule has 0 saturated heterocycles. The predicted molar refractivity (Wildman–Crippen MR) is 69.3 cm³/mol. The van der Waals surface area contributed by atoms with Crippen LogP contribution in [0.2, 0.25) is 0 Å². The van der Waals surface area contributed by atoms with E-state index in [9.17, 15) is 21.6 Å². The Balaban J connectivity index is 2.89. The number of aryl methyl sites for hydroxylation is 1. The molecule has 0 aliphatic heterocycles. The fourth-order valence-electron chi connectivity index (χ4n) is 1.51. The minimum atomic E-state index is -4.41. The predicted octanol–water partition coefficient (Wildman–Crippen LogP) is 3.38. The average Bonchev–Trinajstić information content (AvgIpc) is 2.17. The van der Waals surface area contributed by atoms with E-state index in [1.54, 1.807) is 13.0 Å². The van der Waals surface area contributed by atoms with Gasteiger partial charge >= 0.3 is 6.18 Å². The first-order valence-electron chi connectivity index (χ1n) is 5.36. The van der Waals surface area contributed by atoms with Crippen molar-refractivity contribution in [3.63, 3.8) is 0 Å². The third-order valence-corrected chi connectivity index (χ3v) is 4.81. The SMILES string of the molecule is Cc1cc(S(=O)(=O)NC(C)CC(F)(F)F)ccc1Br. The van der Waals surface area contributed by atoms with Crippen LogP contribution in [0.15, 0.2) is 27.6 Å². The van der Waals surface area contributed by atoms with E-state index in [2.05, 4.69) is 15.9 Å². The van der Waals surface area contributed by atoms with Gasteiger partial charge in [0.15, 0.2) is 0 Å². The first-order chi connectivity index (χ1) is 8.51. The van der Waals surface area contributed by atoms with Crippen LogP contribution in [0.5, 0.6) is 0 Å². The number of alkyl halides is 3. The Morgan fingerprint density at radius 2 is 1.95 bits per heavy atom. The van der Waals surface area contributed by atoms with Crippen molar-refractivity contribution in [3.8, 4) is 0 Å². The average molecular weight is 360 g/mol. The van der Waals surface area contributed by atoms with Crippen molar-refractivity contribution in [2.45, 2.75) is 37.4 Å². The molecule has 3 nitrogen and oxygen atoms in total. The lowest BCUT2D eigenvalue weighted by Crippen LogP contribution is -2.35. The van der Waals surface area contributed by atoms with Crippen molar-refractivity contribution in [3.05, 3.63) is 28.2 Å². The molecule has 0 heterocycles. The summed E-state index contributed by atoms with van der Waals surface area (Å²) in [6, 6.07) is 3.05. The number of halogens is 4. The normalized spacial score (nSPS) is 14.4. The Labute approximate surface area is 118 Å². The number of sulfonamides is 1. The maximum absolute atomic E-state index is 12.2. The standard InChI is InChI=1S/C11H13BrF3NO2S/c1-7-5-9(3-4-10(7)12)19(17,18)16-8(2)6-11(13,14)15/h3-5,8,16H,6H2,1-2H3. The van der Waals surface area contributed by atoms with Crippen molar-refractivity contribution in [2.24, 2.45) is 0 Å². The van der Waals surface area contributed by atoms with Crippen molar-refractivity contribution in [1.29, 1.82) is 0 Å². The van der Waals surface area contributed by atoms with Crippen LogP contribution < -0.4 is 4.72 Å². The van der Waals surface area contributed by atoms with Gasteiger partial charge in [-0.1, -0.05) is 15.9 Å². The molecule has 0 aliphatic carbocycles. The molecular formula is C11H13BrF3NO2S. The molecule has 1 atom stereocenters. The van der Waals surface area contributed by atoms with E-state index in [0.717, 1.165) is 4.47 Å². The molecule has 0 fully saturated rings. The summed E-state index contributed by atoms with van der Waals surface area (Å²) < 4.78 is 63.0. The third kappa shape index (κ3) is 5.12. The molecule has 0 radical (unpaired) electrons. The second-order valence-electron chi connectivity index (χ2n) is 4.25. The minimum Gasteiger partial charge on any atom is -0.208 e. The first-order valence-corrected chi connectivity index (χ1v) is 7.64. The number of benzene rings is 1. The fraction of sp³-hybridized carbons (Fsp3) is 0.455. The van der Waals surface area contributed by atoms with E-state index in [-0.39, 0.29) is 4.90 Å². The number of hydrogen-bond donors (Lipinski definition) is 1. The Morgan fingerprint density at radius 1 is 1.37 bits per heavy atom. The summed E-state index contributed by atoms with van der Waals surface area (Å²) in [7, 11) is -3.94. The molecule has 1 N–H and O–H groups in total. The van der Waals surface area contributed by atoms with E-state index in [4.69, 9.17) is 0 Å². The molecule has 0 spiro atoms. The van der Waals surface area contributed by atoms with Gasteiger partial charge in [-0.15, -0.1) is 0 Å². The highest BCUT2D eigenvalue weighted by Crippen LogP contribution is 2.23. The summed E-state index contributed by atoms with van der Waals surface area (Å²) >= 11 is 3.22. The van der Waals surface area contributed by atoms with Gasteiger partial charge in [-0.3, -0.25) is 0 Å². The molecule has 0 aliphatic rings. The van der Waals surface area contributed by atoms with Crippen molar-refractivity contribution in [2.75, 3.05) is 0 Å². The van der Waals surface area contributed by atoms with E-state index < -0.39 is 28.7 Å². The van der Waals surface area contributed by atoms with E-state index >= 15 is 0 Å². The molecule has 0 bridgehead atoms. The molecule has 1 rings (SSSR count). The number of rotatable bonds is 4. The highest BCUT2D eigenvalue weighted by molar-refractivity contribution is 9.10. The van der Waals surface area contributed by atoms with Gasteiger partial charge in [0.1, 0.15) is 0 Å². The second kappa shape index (κ2) is 5.80. The monoisotopic (exact) mass is 359 g/mol. The quantitative estimate of drug-likeness (QED) is 0.895. The molecule has 0 saturated carbocycles. The summed E-state index contributed by atoms with van der Waals surface area (Å²) in [6.45, 7) is 2.87. The largest absolute Gasteiger partial charge is 0.390 e. The van der Waals surface area contributed by atoms with Crippen molar-refractivity contribution < 1.29 is 21.6 Å². The van der Waals surface area contributed by atoms with Crippen LogP contribution in [0.1, 0.15) is 18.9 Å². The van der Waals surface area contributed by atoms with Crippen molar-refractivity contribution in [1.82, 2.24) is 4.72 Å². The van der Waals surface area contributed by atoms with Crippen LogP contribution in [0.3, 0.4) is 0 Å². The van der Waals surface area contributed by atoms with Crippen LogP contribution in [0.4, 0.5) is 13.2 Å². The maximum atomic E-state index is 12.2. The Bertz CT molecular complexity index is 558. The highest BCUT2D eigenvalue weighted by Gasteiger charge is 2.32. The smallest absolute Gasteiger partial charge is 0.208 e. The zero-order chi connectivity index (χ0) is 14.8. The van der Waals surface area contributed by atoms with Crippen LogP contribution in [-0.2, 0) is 10.0 Å². The zero-order valence-electron chi connectivity index (χ0n) is 10.3. The Morgan fingerprint density at radius 3 is 2.42 bits per heavy atom. The molecular weight excluding hydrogens is 347 g/mol. The van der Waals surface area contributed by atoms with Gasteiger partial charge < -0.3 is 0 Å². The van der Waals surface area contributed by atoms with Gasteiger partial charge in [0, 0.05) is 10.5 Å². The molecule has 8 heteroatoms. The number of hydrogen-bond acceptors (Lipinski definition) is 2.